The van der Waals surface area contributed by atoms with Crippen LogP contribution in [0.25, 0.3) is 0 Å². The molecule has 1 N–H and O–H groups in total. The third-order valence-electron chi connectivity index (χ3n) is 6.15. The summed E-state index contributed by atoms with van der Waals surface area (Å²) in [7, 11) is 1.63. The lowest BCUT2D eigenvalue weighted by molar-refractivity contribution is -0.141. The van der Waals surface area contributed by atoms with Gasteiger partial charge in [-0.3, -0.25) is 9.59 Å². The number of amides is 2. The van der Waals surface area contributed by atoms with Crippen LogP contribution < -0.4 is 14.8 Å². The second kappa shape index (κ2) is 12.9. The van der Waals surface area contributed by atoms with Crippen molar-refractivity contribution in [2.45, 2.75) is 70.5 Å². The Morgan fingerprint density at radius 2 is 1.73 bits per heavy atom. The Morgan fingerprint density at radius 1 is 1.03 bits per heavy atom. The summed E-state index contributed by atoms with van der Waals surface area (Å²) in [4.78, 5) is 28.2. The maximum atomic E-state index is 13.3. The van der Waals surface area contributed by atoms with Gasteiger partial charge in [-0.1, -0.05) is 50.1 Å². The molecule has 33 heavy (non-hydrogen) atoms. The van der Waals surface area contributed by atoms with Gasteiger partial charge in [0.25, 0.3) is 0 Å². The maximum absolute atomic E-state index is 13.3. The van der Waals surface area contributed by atoms with Gasteiger partial charge in [-0.2, -0.15) is 0 Å². The lowest BCUT2D eigenvalue weighted by Gasteiger charge is -2.31. The third-order valence-corrected chi connectivity index (χ3v) is 6.15. The minimum Gasteiger partial charge on any atom is -0.497 e. The van der Waals surface area contributed by atoms with Crippen LogP contribution in [0.15, 0.2) is 54.6 Å². The van der Waals surface area contributed by atoms with Gasteiger partial charge in [0.15, 0.2) is 0 Å². The maximum Gasteiger partial charge on any atom is 0.243 e. The quantitative estimate of drug-likeness (QED) is 0.473. The Bertz CT molecular complexity index is 863. The molecule has 6 nitrogen and oxygen atoms in total. The van der Waals surface area contributed by atoms with Crippen LogP contribution in [-0.4, -0.2) is 42.5 Å². The molecule has 1 aliphatic rings. The molecule has 2 aromatic rings. The molecule has 0 bridgehead atoms. The van der Waals surface area contributed by atoms with Crippen LogP contribution in [0.4, 0.5) is 0 Å². The van der Waals surface area contributed by atoms with Crippen molar-refractivity contribution in [1.29, 1.82) is 0 Å². The van der Waals surface area contributed by atoms with Gasteiger partial charge in [0.05, 0.1) is 13.7 Å². The van der Waals surface area contributed by atoms with E-state index in [0.29, 0.717) is 32.4 Å². The van der Waals surface area contributed by atoms with E-state index >= 15 is 0 Å². The summed E-state index contributed by atoms with van der Waals surface area (Å²) in [5, 5.41) is 3.18. The normalized spacial score (nSPS) is 14.5. The zero-order valence-electron chi connectivity index (χ0n) is 19.8. The molecule has 0 radical (unpaired) electrons. The summed E-state index contributed by atoms with van der Waals surface area (Å²) >= 11 is 0. The van der Waals surface area contributed by atoms with Crippen molar-refractivity contribution >= 4 is 11.8 Å². The van der Waals surface area contributed by atoms with Gasteiger partial charge in [0, 0.05) is 19.0 Å². The van der Waals surface area contributed by atoms with E-state index in [-0.39, 0.29) is 17.9 Å². The fraction of sp³-hybridized carbons (Fsp3) is 0.481. The van der Waals surface area contributed by atoms with Gasteiger partial charge in [0.2, 0.25) is 11.8 Å². The Hall–Kier alpha value is -3.02. The van der Waals surface area contributed by atoms with E-state index in [1.807, 2.05) is 61.5 Å². The number of hydrogen-bond acceptors (Lipinski definition) is 4. The second-order valence-electron chi connectivity index (χ2n) is 8.55. The van der Waals surface area contributed by atoms with Crippen LogP contribution in [0.2, 0.25) is 0 Å². The first-order valence-electron chi connectivity index (χ1n) is 12.0. The molecule has 1 saturated carbocycles. The minimum absolute atomic E-state index is 0.0316. The topological polar surface area (TPSA) is 67.9 Å². The minimum atomic E-state index is -0.491. The number of ether oxygens (including phenoxy) is 2. The number of carbonyl (C=O) groups is 2. The van der Waals surface area contributed by atoms with Gasteiger partial charge in [-0.05, 0) is 55.5 Å². The Balaban J connectivity index is 1.65. The van der Waals surface area contributed by atoms with E-state index in [4.69, 9.17) is 9.47 Å². The number of benzene rings is 2. The van der Waals surface area contributed by atoms with Crippen molar-refractivity contribution in [2.24, 2.45) is 0 Å². The van der Waals surface area contributed by atoms with E-state index in [0.717, 1.165) is 42.7 Å². The molecule has 3 rings (SSSR count). The monoisotopic (exact) mass is 452 g/mol. The van der Waals surface area contributed by atoms with Gasteiger partial charge in [0.1, 0.15) is 17.5 Å². The molecule has 6 heteroatoms. The van der Waals surface area contributed by atoms with E-state index in [9.17, 15) is 9.59 Å². The zero-order chi connectivity index (χ0) is 23.5. The molecule has 1 fully saturated rings. The number of carbonyl (C=O) groups excluding carboxylic acids is 2. The van der Waals surface area contributed by atoms with E-state index in [1.54, 1.807) is 12.0 Å². The van der Waals surface area contributed by atoms with Crippen LogP contribution in [0.5, 0.6) is 11.5 Å². The molecule has 0 heterocycles. The van der Waals surface area contributed by atoms with E-state index in [1.165, 1.54) is 0 Å². The van der Waals surface area contributed by atoms with Crippen LogP contribution in [0.1, 0.15) is 57.4 Å². The first-order chi connectivity index (χ1) is 16.1. The zero-order valence-corrected chi connectivity index (χ0v) is 19.8. The highest BCUT2D eigenvalue weighted by atomic mass is 16.5. The number of hydrogen-bond donors (Lipinski definition) is 1. The average molecular weight is 453 g/mol. The molecule has 0 unspecified atom stereocenters. The number of methoxy groups -OCH3 is 1. The Labute approximate surface area is 197 Å². The molecule has 1 aliphatic carbocycles. The lowest BCUT2D eigenvalue weighted by Crippen LogP contribution is -2.50. The smallest absolute Gasteiger partial charge is 0.243 e. The summed E-state index contributed by atoms with van der Waals surface area (Å²) in [5.41, 5.74) is 0.969. The molecular weight excluding hydrogens is 416 g/mol. The summed E-state index contributed by atoms with van der Waals surface area (Å²) in [6.07, 6.45) is 5.83. The molecule has 0 aromatic heterocycles. The predicted molar refractivity (Wildman–Crippen MR) is 129 cm³/mol. The molecule has 2 aromatic carbocycles. The molecule has 0 spiro atoms. The van der Waals surface area contributed by atoms with Crippen molar-refractivity contribution in [3.05, 3.63) is 60.2 Å². The first-order valence-corrected chi connectivity index (χ1v) is 12.0. The molecule has 1 atom stereocenters. The highest BCUT2D eigenvalue weighted by Gasteiger charge is 2.30. The van der Waals surface area contributed by atoms with Crippen LogP contribution in [0, 0.1) is 0 Å². The highest BCUT2D eigenvalue weighted by Crippen LogP contribution is 2.20. The van der Waals surface area contributed by atoms with E-state index in [2.05, 4.69) is 5.32 Å². The van der Waals surface area contributed by atoms with Crippen LogP contribution >= 0.6 is 0 Å². The van der Waals surface area contributed by atoms with Gasteiger partial charge in [-0.15, -0.1) is 0 Å². The van der Waals surface area contributed by atoms with Gasteiger partial charge >= 0.3 is 0 Å². The number of rotatable bonds is 12. The van der Waals surface area contributed by atoms with Crippen molar-refractivity contribution in [1.82, 2.24) is 10.2 Å². The number of nitrogens with zero attached hydrogens (tertiary/aromatic N) is 1. The van der Waals surface area contributed by atoms with Crippen LogP contribution in [0.3, 0.4) is 0 Å². The average Bonchev–Trinajstić information content (AvgIpc) is 3.35. The Morgan fingerprint density at radius 3 is 2.36 bits per heavy atom. The van der Waals surface area contributed by atoms with E-state index < -0.39 is 6.04 Å². The fourth-order valence-electron chi connectivity index (χ4n) is 4.29. The van der Waals surface area contributed by atoms with Gasteiger partial charge in [-0.25, -0.2) is 0 Å². The fourth-order valence-corrected chi connectivity index (χ4v) is 4.29. The largest absolute Gasteiger partial charge is 0.497 e. The summed E-state index contributed by atoms with van der Waals surface area (Å²) in [6, 6.07) is 17.0. The molecular formula is C27H36N2O4. The van der Waals surface area contributed by atoms with Crippen molar-refractivity contribution < 1.29 is 19.1 Å². The van der Waals surface area contributed by atoms with Crippen molar-refractivity contribution in [3.63, 3.8) is 0 Å². The molecule has 2 amide bonds. The van der Waals surface area contributed by atoms with Crippen molar-refractivity contribution in [2.75, 3.05) is 13.7 Å². The van der Waals surface area contributed by atoms with Crippen molar-refractivity contribution in [3.8, 4) is 11.5 Å². The summed E-state index contributed by atoms with van der Waals surface area (Å²) in [5.74, 6) is 1.48. The molecule has 0 saturated heterocycles. The third kappa shape index (κ3) is 7.52. The first kappa shape index (κ1) is 24.6. The predicted octanol–water partition coefficient (Wildman–Crippen LogP) is 4.72. The number of nitrogens with one attached hydrogen (secondary N) is 1. The lowest BCUT2D eigenvalue weighted by atomic mass is 10.1. The molecule has 0 aliphatic heterocycles. The standard InChI is InChI=1S/C27H36N2O4/c1-3-25(27(31)28-22-10-7-8-11-22)29(20-21-15-17-23(32-2)18-16-21)26(30)14-9-19-33-24-12-5-4-6-13-24/h4-6,12-13,15-18,22,25H,3,7-11,14,19-20H2,1-2H3,(H,28,31)/t25-/m1/s1. The Kier molecular flexibility index (Phi) is 9.60. The van der Waals surface area contributed by atoms with Gasteiger partial charge < -0.3 is 19.7 Å². The van der Waals surface area contributed by atoms with Crippen LogP contribution in [-0.2, 0) is 16.1 Å². The molecule has 178 valence electrons. The summed E-state index contributed by atoms with van der Waals surface area (Å²) in [6.45, 7) is 2.81. The summed E-state index contributed by atoms with van der Waals surface area (Å²) < 4.78 is 11.0. The highest BCUT2D eigenvalue weighted by molar-refractivity contribution is 5.87. The second-order valence-corrected chi connectivity index (χ2v) is 8.55. The number of para-hydroxylation sites is 1. The SMILES string of the molecule is CC[C@H](C(=O)NC1CCCC1)N(Cc1ccc(OC)cc1)C(=O)CCCOc1ccccc1.